The van der Waals surface area contributed by atoms with Crippen LogP contribution in [0.3, 0.4) is 0 Å². The average Bonchev–Trinajstić information content (AvgIpc) is 2.85. The monoisotopic (exact) mass is 255 g/mol. The van der Waals surface area contributed by atoms with Gasteiger partial charge in [0.15, 0.2) is 5.65 Å². The Morgan fingerprint density at radius 2 is 2.21 bits per heavy atom. The minimum Gasteiger partial charge on any atom is -0.368 e. The highest BCUT2D eigenvalue weighted by Gasteiger charge is 2.08. The maximum Gasteiger partial charge on any atom is 0.224 e. The number of nitrogens with zero attached hydrogens (tertiary/aromatic N) is 4. The van der Waals surface area contributed by atoms with Gasteiger partial charge in [0, 0.05) is 18.9 Å². The van der Waals surface area contributed by atoms with Gasteiger partial charge in [0.2, 0.25) is 5.95 Å². The minimum absolute atomic E-state index is 0.214. The Balaban J connectivity index is 1.90. The molecule has 0 aliphatic carbocycles. The summed E-state index contributed by atoms with van der Waals surface area (Å²) in [6.07, 6.45) is 5.28. The fraction of sp³-hybridized carbons (Fsp3) is 0.167. The van der Waals surface area contributed by atoms with Crippen molar-refractivity contribution < 1.29 is 0 Å². The zero-order valence-electron chi connectivity index (χ0n) is 10.4. The fourth-order valence-electron chi connectivity index (χ4n) is 1.87. The molecule has 0 atom stereocenters. The molecule has 0 radical (unpaired) electrons. The lowest BCUT2D eigenvalue weighted by Crippen LogP contribution is -2.06. The first kappa shape index (κ1) is 11.4. The summed E-state index contributed by atoms with van der Waals surface area (Å²) in [7, 11) is 0. The van der Waals surface area contributed by atoms with E-state index in [0.29, 0.717) is 18.0 Å². The molecule has 7 nitrogen and oxygen atoms in total. The summed E-state index contributed by atoms with van der Waals surface area (Å²) >= 11 is 0. The number of pyridine rings is 1. The van der Waals surface area contributed by atoms with Gasteiger partial charge in [0.1, 0.15) is 5.82 Å². The van der Waals surface area contributed by atoms with Gasteiger partial charge in [-0.1, -0.05) is 0 Å². The minimum atomic E-state index is 0.214. The summed E-state index contributed by atoms with van der Waals surface area (Å²) in [6, 6.07) is 1.97. The maximum atomic E-state index is 5.66. The van der Waals surface area contributed by atoms with Crippen molar-refractivity contribution in [3.05, 3.63) is 35.8 Å². The molecule has 0 amide bonds. The van der Waals surface area contributed by atoms with Gasteiger partial charge in [-0.05, 0) is 24.1 Å². The van der Waals surface area contributed by atoms with E-state index in [0.717, 1.165) is 16.5 Å². The van der Waals surface area contributed by atoms with E-state index in [2.05, 4.69) is 30.5 Å². The Morgan fingerprint density at radius 1 is 1.32 bits per heavy atom. The number of anilines is 2. The second kappa shape index (κ2) is 4.52. The van der Waals surface area contributed by atoms with Gasteiger partial charge in [0.25, 0.3) is 0 Å². The quantitative estimate of drug-likeness (QED) is 0.650. The number of fused-ring (bicyclic) bond motifs is 1. The van der Waals surface area contributed by atoms with Gasteiger partial charge >= 0.3 is 0 Å². The van der Waals surface area contributed by atoms with Crippen molar-refractivity contribution >= 4 is 22.8 Å². The van der Waals surface area contributed by atoms with Crippen LogP contribution >= 0.6 is 0 Å². The van der Waals surface area contributed by atoms with Crippen molar-refractivity contribution in [2.45, 2.75) is 13.5 Å². The van der Waals surface area contributed by atoms with Crippen LogP contribution in [-0.4, -0.2) is 25.1 Å². The summed E-state index contributed by atoms with van der Waals surface area (Å²) in [5.41, 5.74) is 8.57. The Labute approximate surface area is 109 Å². The van der Waals surface area contributed by atoms with Crippen molar-refractivity contribution in [2.75, 3.05) is 11.1 Å². The van der Waals surface area contributed by atoms with Gasteiger partial charge in [-0.3, -0.25) is 10.1 Å². The number of nitrogens with one attached hydrogen (secondary N) is 2. The molecule has 0 spiro atoms. The second-order valence-electron chi connectivity index (χ2n) is 4.22. The molecule has 0 aliphatic rings. The molecule has 3 aromatic rings. The first-order valence-corrected chi connectivity index (χ1v) is 5.84. The molecule has 19 heavy (non-hydrogen) atoms. The van der Waals surface area contributed by atoms with E-state index in [4.69, 9.17) is 5.73 Å². The molecule has 0 fully saturated rings. The zero-order valence-corrected chi connectivity index (χ0v) is 10.4. The summed E-state index contributed by atoms with van der Waals surface area (Å²) in [4.78, 5) is 12.3. The SMILES string of the molecule is Cc1cnccc1CNc1nc(N)nc2[nH]ncc12. The summed E-state index contributed by atoms with van der Waals surface area (Å²) in [6.45, 7) is 2.66. The number of H-pyrrole nitrogens is 1. The molecule has 0 unspecified atom stereocenters. The fourth-order valence-corrected chi connectivity index (χ4v) is 1.87. The number of nitrogens with two attached hydrogens (primary N) is 1. The molecule has 0 aromatic carbocycles. The third-order valence-electron chi connectivity index (χ3n) is 2.91. The van der Waals surface area contributed by atoms with Crippen molar-refractivity contribution in [3.8, 4) is 0 Å². The van der Waals surface area contributed by atoms with E-state index in [-0.39, 0.29) is 5.95 Å². The maximum absolute atomic E-state index is 5.66. The normalized spacial score (nSPS) is 10.8. The van der Waals surface area contributed by atoms with E-state index in [9.17, 15) is 0 Å². The molecule has 3 heterocycles. The number of hydrogen-bond donors (Lipinski definition) is 3. The lowest BCUT2D eigenvalue weighted by Gasteiger charge is -2.08. The smallest absolute Gasteiger partial charge is 0.224 e. The van der Waals surface area contributed by atoms with Gasteiger partial charge in [-0.2, -0.15) is 15.1 Å². The number of nitrogen functional groups attached to an aromatic ring is 1. The first-order chi connectivity index (χ1) is 9.24. The van der Waals surface area contributed by atoms with Gasteiger partial charge in [0.05, 0.1) is 11.6 Å². The molecule has 3 aromatic heterocycles. The highest BCUT2D eigenvalue weighted by atomic mass is 15.2. The molecule has 0 saturated carbocycles. The number of aromatic amines is 1. The van der Waals surface area contributed by atoms with Gasteiger partial charge < -0.3 is 11.1 Å². The van der Waals surface area contributed by atoms with E-state index in [1.165, 1.54) is 0 Å². The first-order valence-electron chi connectivity index (χ1n) is 5.84. The highest BCUT2D eigenvalue weighted by molar-refractivity contribution is 5.86. The number of aryl methyl sites for hydroxylation is 1. The molecule has 0 aliphatic heterocycles. The molecule has 0 bridgehead atoms. The molecule has 0 saturated heterocycles. The van der Waals surface area contributed by atoms with Crippen molar-refractivity contribution in [1.82, 2.24) is 25.1 Å². The van der Waals surface area contributed by atoms with Crippen LogP contribution < -0.4 is 11.1 Å². The molecule has 4 N–H and O–H groups in total. The van der Waals surface area contributed by atoms with Crippen LogP contribution in [0.4, 0.5) is 11.8 Å². The van der Waals surface area contributed by atoms with Crippen LogP contribution in [0, 0.1) is 6.92 Å². The standard InChI is InChI=1S/C12H13N7/c1-7-4-14-3-2-8(7)5-15-10-9-6-16-19-11(9)18-12(13)17-10/h2-4,6H,5H2,1H3,(H4,13,15,16,17,18,19). The topological polar surface area (TPSA) is 105 Å². The Kier molecular flexibility index (Phi) is 2.71. The zero-order chi connectivity index (χ0) is 13.2. The van der Waals surface area contributed by atoms with E-state index in [1.54, 1.807) is 12.4 Å². The van der Waals surface area contributed by atoms with Gasteiger partial charge in [-0.15, -0.1) is 0 Å². The van der Waals surface area contributed by atoms with Crippen LogP contribution in [0.25, 0.3) is 11.0 Å². The molecule has 7 heteroatoms. The van der Waals surface area contributed by atoms with Crippen LogP contribution in [0.2, 0.25) is 0 Å². The second-order valence-corrected chi connectivity index (χ2v) is 4.22. The molecular weight excluding hydrogens is 242 g/mol. The third kappa shape index (κ3) is 2.17. The van der Waals surface area contributed by atoms with Crippen LogP contribution in [0.15, 0.2) is 24.7 Å². The molecule has 3 rings (SSSR count). The van der Waals surface area contributed by atoms with E-state index in [1.807, 2.05) is 19.2 Å². The largest absolute Gasteiger partial charge is 0.368 e. The summed E-state index contributed by atoms with van der Waals surface area (Å²) in [5.74, 6) is 0.887. The van der Waals surface area contributed by atoms with Crippen molar-refractivity contribution in [3.63, 3.8) is 0 Å². The lowest BCUT2D eigenvalue weighted by atomic mass is 10.1. The molecule has 96 valence electrons. The van der Waals surface area contributed by atoms with Crippen LogP contribution in [0.1, 0.15) is 11.1 Å². The predicted molar refractivity (Wildman–Crippen MR) is 72.4 cm³/mol. The number of rotatable bonds is 3. The number of aromatic nitrogens is 5. The van der Waals surface area contributed by atoms with E-state index >= 15 is 0 Å². The summed E-state index contributed by atoms with van der Waals surface area (Å²) < 4.78 is 0. The number of hydrogen-bond acceptors (Lipinski definition) is 6. The van der Waals surface area contributed by atoms with Crippen LogP contribution in [0.5, 0.6) is 0 Å². The van der Waals surface area contributed by atoms with Gasteiger partial charge in [-0.25, -0.2) is 0 Å². The van der Waals surface area contributed by atoms with E-state index < -0.39 is 0 Å². The molecular formula is C12H13N7. The van der Waals surface area contributed by atoms with Crippen molar-refractivity contribution in [1.29, 1.82) is 0 Å². The van der Waals surface area contributed by atoms with Crippen LogP contribution in [-0.2, 0) is 6.54 Å². The van der Waals surface area contributed by atoms with Crippen molar-refractivity contribution in [2.24, 2.45) is 0 Å². The Bertz CT molecular complexity index is 719. The summed E-state index contributed by atoms with van der Waals surface area (Å²) in [5, 5.41) is 10.8. The average molecular weight is 255 g/mol. The Morgan fingerprint density at radius 3 is 3.05 bits per heavy atom. The highest BCUT2D eigenvalue weighted by Crippen LogP contribution is 2.19. The Hall–Kier alpha value is -2.70. The predicted octanol–water partition coefficient (Wildman–Crippen LogP) is 1.25. The lowest BCUT2D eigenvalue weighted by molar-refractivity contribution is 1.07. The third-order valence-corrected chi connectivity index (χ3v) is 2.91.